The maximum atomic E-state index is 10.6. The van der Waals surface area contributed by atoms with Crippen molar-refractivity contribution in [3.63, 3.8) is 0 Å². The molecule has 0 saturated carbocycles. The number of hydrogen-bond donors (Lipinski definition) is 1. The molecule has 0 aliphatic heterocycles. The average molecular weight is 261 g/mol. The molecule has 2 heteroatoms. The van der Waals surface area contributed by atoms with Crippen molar-refractivity contribution in [2.45, 2.75) is 78.5 Å². The Bertz CT molecular complexity index is 162. The summed E-state index contributed by atoms with van der Waals surface area (Å²) in [7, 11) is -1.08. The van der Waals surface area contributed by atoms with Gasteiger partial charge in [-0.2, -0.15) is 0 Å². The molecule has 0 rings (SSSR count). The van der Waals surface area contributed by atoms with E-state index in [0.29, 0.717) is 0 Å². The molecule has 0 aromatic carbocycles. The first-order chi connectivity index (χ1) is 8.16. The zero-order valence-electron chi connectivity index (χ0n) is 12.5. The van der Waals surface area contributed by atoms with Crippen LogP contribution in [0.5, 0.6) is 0 Å². The van der Waals surface area contributed by atoms with Crippen molar-refractivity contribution in [3.8, 4) is 0 Å². The van der Waals surface area contributed by atoms with Gasteiger partial charge in [-0.25, -0.2) is 0 Å². The Hall–Kier alpha value is 0.390. The van der Waals surface area contributed by atoms with Gasteiger partial charge in [-0.15, -0.1) is 0 Å². The molecule has 1 N–H and O–H groups in total. The van der Waals surface area contributed by atoms with E-state index in [2.05, 4.69) is 27.7 Å². The molecule has 0 amide bonds. The third kappa shape index (κ3) is 6.20. The monoisotopic (exact) mass is 261 g/mol. The van der Waals surface area contributed by atoms with Gasteiger partial charge in [0.15, 0.2) is 5.85 Å². The van der Waals surface area contributed by atoms with E-state index in [9.17, 15) is 5.11 Å². The summed E-state index contributed by atoms with van der Waals surface area (Å²) < 4.78 is 0. The van der Waals surface area contributed by atoms with Gasteiger partial charge in [-0.3, -0.25) is 0 Å². The van der Waals surface area contributed by atoms with Crippen LogP contribution in [-0.4, -0.2) is 29.4 Å². The molecule has 0 heterocycles. The van der Waals surface area contributed by atoms with Crippen molar-refractivity contribution in [2.75, 3.05) is 18.5 Å². The van der Waals surface area contributed by atoms with Crippen LogP contribution in [0.4, 0.5) is 0 Å². The minimum atomic E-state index is -1.08. The van der Waals surface area contributed by atoms with Gasteiger partial charge in [0.1, 0.15) is 0 Å². The lowest BCUT2D eigenvalue weighted by atomic mass is 10.4. The third-order valence-corrected chi connectivity index (χ3v) is 9.04. The molecule has 0 fully saturated rings. The summed E-state index contributed by atoms with van der Waals surface area (Å²) in [6, 6.07) is 0. The van der Waals surface area contributed by atoms with Crippen LogP contribution in [0, 0.1) is 0 Å². The van der Waals surface area contributed by atoms with Gasteiger partial charge in [0.25, 0.3) is 0 Å². The minimum absolute atomic E-state index is 0.0329. The van der Waals surface area contributed by atoms with Crippen LogP contribution < -0.4 is 0 Å². The number of aliphatic hydroxyl groups excluding tert-OH is 1. The van der Waals surface area contributed by atoms with Crippen LogP contribution >= 0.6 is 7.26 Å². The van der Waals surface area contributed by atoms with E-state index in [1.54, 1.807) is 0 Å². The van der Waals surface area contributed by atoms with Crippen LogP contribution in [0.25, 0.3) is 0 Å². The Kier molecular flexibility index (Phi) is 10.6. The molecule has 0 aromatic rings. The maximum Gasteiger partial charge on any atom is 0.164 e. The molecule has 1 unspecified atom stereocenters. The molecule has 0 spiro atoms. The van der Waals surface area contributed by atoms with E-state index in [1.165, 1.54) is 50.6 Å². The highest BCUT2D eigenvalue weighted by Crippen LogP contribution is 2.64. The van der Waals surface area contributed by atoms with Crippen LogP contribution in [0.2, 0.25) is 0 Å². The quantitative estimate of drug-likeness (QED) is 0.511. The van der Waals surface area contributed by atoms with Crippen molar-refractivity contribution in [1.29, 1.82) is 0 Å². The van der Waals surface area contributed by atoms with Gasteiger partial charge in [-0.1, -0.05) is 47.0 Å². The highest BCUT2D eigenvalue weighted by atomic mass is 31.2. The van der Waals surface area contributed by atoms with Gasteiger partial charge >= 0.3 is 0 Å². The fourth-order valence-corrected chi connectivity index (χ4v) is 7.86. The number of aliphatic hydroxyl groups is 1. The number of hydrogen-bond acceptors (Lipinski definition) is 1. The van der Waals surface area contributed by atoms with E-state index in [4.69, 9.17) is 0 Å². The normalized spacial score (nSPS) is 13.9. The van der Waals surface area contributed by atoms with Gasteiger partial charge < -0.3 is 5.11 Å². The number of rotatable bonds is 11. The van der Waals surface area contributed by atoms with Gasteiger partial charge in [0.2, 0.25) is 0 Å². The molecule has 0 bridgehead atoms. The second-order valence-electron chi connectivity index (χ2n) is 5.37. The molecular weight excluding hydrogens is 227 g/mol. The highest BCUT2D eigenvalue weighted by molar-refractivity contribution is 7.76. The molecule has 0 aliphatic rings. The molecule has 0 aromatic heterocycles. The summed E-state index contributed by atoms with van der Waals surface area (Å²) in [5.41, 5.74) is 0. The highest BCUT2D eigenvalue weighted by Gasteiger charge is 2.42. The lowest BCUT2D eigenvalue weighted by Crippen LogP contribution is -2.22. The van der Waals surface area contributed by atoms with Crippen molar-refractivity contribution < 1.29 is 5.11 Å². The Balaban J connectivity index is 4.65. The summed E-state index contributed by atoms with van der Waals surface area (Å²) in [6.45, 7) is 9.02. The van der Waals surface area contributed by atoms with Crippen LogP contribution in [0.3, 0.4) is 0 Å². The van der Waals surface area contributed by atoms with E-state index in [0.717, 1.165) is 12.8 Å². The van der Waals surface area contributed by atoms with E-state index in [-0.39, 0.29) is 5.85 Å². The van der Waals surface area contributed by atoms with Crippen molar-refractivity contribution in [2.24, 2.45) is 0 Å². The average Bonchev–Trinajstić information content (AvgIpc) is 2.33. The first-order valence-corrected chi connectivity index (χ1v) is 10.1. The van der Waals surface area contributed by atoms with E-state index < -0.39 is 7.26 Å². The predicted molar refractivity (Wildman–Crippen MR) is 82.5 cm³/mol. The minimum Gasteiger partial charge on any atom is -0.359 e. The molecular formula is C15H34OP+. The molecule has 0 saturated heterocycles. The second kappa shape index (κ2) is 10.3. The van der Waals surface area contributed by atoms with Crippen molar-refractivity contribution >= 4 is 7.26 Å². The molecule has 0 radical (unpaired) electrons. The van der Waals surface area contributed by atoms with Crippen LogP contribution in [-0.2, 0) is 0 Å². The van der Waals surface area contributed by atoms with Crippen molar-refractivity contribution in [1.82, 2.24) is 0 Å². The Labute approximate surface area is 110 Å². The summed E-state index contributed by atoms with van der Waals surface area (Å²) in [6.07, 6.45) is 12.6. The zero-order chi connectivity index (χ0) is 13.1. The van der Waals surface area contributed by atoms with Gasteiger partial charge in [0, 0.05) is 13.7 Å². The van der Waals surface area contributed by atoms with Crippen molar-refractivity contribution in [3.05, 3.63) is 0 Å². The van der Waals surface area contributed by atoms with Crippen LogP contribution in [0.1, 0.15) is 72.6 Å². The van der Waals surface area contributed by atoms with Crippen LogP contribution in [0.15, 0.2) is 0 Å². The first kappa shape index (κ1) is 17.4. The summed E-state index contributed by atoms with van der Waals surface area (Å²) in [5, 5.41) is 10.6. The molecule has 1 atom stereocenters. The SMILES string of the molecule is CCCC[P+](CCC)(CCCC)C(O)CCC. The van der Waals surface area contributed by atoms with E-state index in [1.807, 2.05) is 0 Å². The van der Waals surface area contributed by atoms with Gasteiger partial charge in [0.05, 0.1) is 18.5 Å². The molecule has 104 valence electrons. The van der Waals surface area contributed by atoms with E-state index >= 15 is 0 Å². The maximum absolute atomic E-state index is 10.6. The Morgan fingerprint density at radius 2 is 1.29 bits per heavy atom. The summed E-state index contributed by atoms with van der Waals surface area (Å²) >= 11 is 0. The fourth-order valence-electron chi connectivity index (χ4n) is 2.71. The summed E-state index contributed by atoms with van der Waals surface area (Å²) in [5.74, 6) is 0.0329. The smallest absolute Gasteiger partial charge is 0.164 e. The summed E-state index contributed by atoms with van der Waals surface area (Å²) in [4.78, 5) is 0. The zero-order valence-corrected chi connectivity index (χ0v) is 13.4. The fraction of sp³-hybridized carbons (Fsp3) is 1.00. The topological polar surface area (TPSA) is 20.2 Å². The lowest BCUT2D eigenvalue weighted by Gasteiger charge is -2.32. The molecule has 17 heavy (non-hydrogen) atoms. The molecule has 0 aliphatic carbocycles. The third-order valence-electron chi connectivity index (χ3n) is 3.76. The largest absolute Gasteiger partial charge is 0.359 e. The Morgan fingerprint density at radius 1 is 0.765 bits per heavy atom. The lowest BCUT2D eigenvalue weighted by molar-refractivity contribution is 0.240. The first-order valence-electron chi connectivity index (χ1n) is 7.70. The molecule has 1 nitrogen and oxygen atoms in total. The predicted octanol–water partition coefficient (Wildman–Crippen LogP) is 5.13. The number of unbranched alkanes of at least 4 members (excludes halogenated alkanes) is 2. The standard InChI is InChI=1S/C15H34OP/c1-5-9-13-17(12-8-4,14-10-6-2)15(16)11-7-3/h15-16H,5-14H2,1-4H3/q+1. The second-order valence-corrected chi connectivity index (χ2v) is 9.74. The Morgan fingerprint density at radius 3 is 1.65 bits per heavy atom. The van der Waals surface area contributed by atoms with Gasteiger partial charge in [-0.05, 0) is 19.3 Å².